The van der Waals surface area contributed by atoms with Crippen LogP contribution in [0.1, 0.15) is 119 Å². The minimum atomic E-state index is -5.76. The number of halogens is 3. The Morgan fingerprint density at radius 2 is 1.53 bits per heavy atom. The third-order valence-electron chi connectivity index (χ3n) is 14.8. The molecule has 7 rings (SSSR count). The Kier molecular flexibility index (Phi) is 11.3. The number of ether oxygens (including phenoxy) is 3. The van der Waals surface area contributed by atoms with Gasteiger partial charge in [0.2, 0.25) is 0 Å². The van der Waals surface area contributed by atoms with E-state index in [4.69, 9.17) is 13.7 Å². The molecule has 5 aliphatic carbocycles. The molecule has 0 bridgehead atoms. The largest absolute Gasteiger partial charge is 0.534 e. The quantitative estimate of drug-likeness (QED) is 0.128. The molecule has 0 N–H and O–H groups in total. The van der Waals surface area contributed by atoms with E-state index in [1.165, 1.54) is 19.3 Å². The van der Waals surface area contributed by atoms with E-state index < -0.39 is 26.8 Å². The van der Waals surface area contributed by atoms with E-state index in [0.29, 0.717) is 37.8 Å². The van der Waals surface area contributed by atoms with Crippen molar-refractivity contribution in [1.29, 1.82) is 0 Å². The van der Waals surface area contributed by atoms with Gasteiger partial charge in [0.15, 0.2) is 5.79 Å². The van der Waals surface area contributed by atoms with E-state index >= 15 is 0 Å². The van der Waals surface area contributed by atoms with Crippen molar-refractivity contribution in [3.05, 3.63) is 60.4 Å². The Labute approximate surface area is 315 Å². The van der Waals surface area contributed by atoms with Crippen molar-refractivity contribution in [1.82, 2.24) is 0 Å². The summed E-state index contributed by atoms with van der Waals surface area (Å²) >= 11 is 0. The molecule has 53 heavy (non-hydrogen) atoms. The third-order valence-corrected chi connectivity index (χ3v) is 15.8. The average Bonchev–Trinajstić information content (AvgIpc) is 3.42. The van der Waals surface area contributed by atoms with Gasteiger partial charge < -0.3 is 18.4 Å². The molecule has 7 nitrogen and oxygen atoms in total. The van der Waals surface area contributed by atoms with Gasteiger partial charge in [-0.25, -0.2) is 0 Å². The molecular weight excluding hydrogens is 706 g/mol. The van der Waals surface area contributed by atoms with Crippen molar-refractivity contribution in [3.63, 3.8) is 0 Å². The topological polar surface area (TPSA) is 88.1 Å². The molecule has 298 valence electrons. The number of hydrogen-bond donors (Lipinski definition) is 0. The molecule has 11 heteroatoms. The number of hydrogen-bond acceptors (Lipinski definition) is 7. The van der Waals surface area contributed by atoms with Crippen LogP contribution in [0.5, 0.6) is 0 Å². The van der Waals surface area contributed by atoms with Crippen molar-refractivity contribution >= 4 is 16.6 Å². The summed E-state index contributed by atoms with van der Waals surface area (Å²) in [5, 5.41) is 0. The van der Waals surface area contributed by atoms with Gasteiger partial charge in [0, 0.05) is 16.2 Å². The highest BCUT2D eigenvalue weighted by molar-refractivity contribution is 7.87. The summed E-state index contributed by atoms with van der Waals surface area (Å²) in [5.41, 5.74) is -5.68. The third kappa shape index (κ3) is 6.91. The second-order valence-corrected chi connectivity index (χ2v) is 19.9. The predicted octanol–water partition coefficient (Wildman–Crippen LogP) is 10.5. The molecule has 4 saturated carbocycles. The lowest BCUT2D eigenvalue weighted by Gasteiger charge is -2.73. The first-order valence-corrected chi connectivity index (χ1v) is 20.6. The summed E-state index contributed by atoms with van der Waals surface area (Å²) in [7, 11) is -5.76. The summed E-state index contributed by atoms with van der Waals surface area (Å²) in [4.78, 5) is 9.76. The Morgan fingerprint density at radius 1 is 0.906 bits per heavy atom. The number of rotatable bonds is 5. The minimum Gasteiger partial charge on any atom is -0.463 e. The van der Waals surface area contributed by atoms with E-state index in [-0.39, 0.29) is 51.5 Å². The summed E-state index contributed by atoms with van der Waals surface area (Å²) < 4.78 is 87.5. The van der Waals surface area contributed by atoms with E-state index in [1.54, 1.807) is 12.2 Å². The summed E-state index contributed by atoms with van der Waals surface area (Å²) in [6.07, 6.45) is 11.3. The average molecular weight is 767 g/mol. The van der Waals surface area contributed by atoms with Crippen LogP contribution in [0.3, 0.4) is 0 Å². The summed E-state index contributed by atoms with van der Waals surface area (Å²) in [5.74, 6) is 0.404. The molecule has 0 aromatic heterocycles. The van der Waals surface area contributed by atoms with Crippen LogP contribution in [-0.2, 0) is 39.9 Å². The van der Waals surface area contributed by atoms with Crippen LogP contribution in [0, 0.1) is 50.7 Å². The predicted molar refractivity (Wildman–Crippen MR) is 198 cm³/mol. The maximum absolute atomic E-state index is 13.3. The number of carbonyl (C=O) groups excluding carboxylic acids is 1. The highest BCUT2D eigenvalue weighted by Gasteiger charge is 2.76. The standard InChI is InChI=1S/C31H47F3O5S.C8H8O2.C3H6/c1-25(2)21-16-23-30(8)20(28(21,6)15-13-22(25)39-40(35,36)31(32,33)34)12-11-19-18-10-9-14-27(18,5)17-24(29(19,30)7)38-26(3,4)37-23;9-7-10-6-8-4-2-1-3-5-8;1-3-2/h13,18-21,23-24H,9-12,14-17H2,1-8H3;1-5,7H,6H2;3H,1H2,2H3/t18-,19?,20?,21?,23?,24+,27?,28?,29+,30?;;/m1../s1. The molecule has 1 aromatic rings. The molecule has 1 saturated heterocycles. The zero-order chi connectivity index (χ0) is 39.5. The molecule has 1 aliphatic heterocycles. The zero-order valence-corrected chi connectivity index (χ0v) is 33.9. The lowest BCUT2D eigenvalue weighted by atomic mass is 9.32. The summed E-state index contributed by atoms with van der Waals surface area (Å²) in [6, 6.07) is 9.55. The van der Waals surface area contributed by atoms with Gasteiger partial charge in [0.1, 0.15) is 12.4 Å². The lowest BCUT2D eigenvalue weighted by molar-refractivity contribution is -0.277. The van der Waals surface area contributed by atoms with Crippen molar-refractivity contribution in [2.45, 2.75) is 144 Å². The highest BCUT2D eigenvalue weighted by atomic mass is 32.2. The molecule has 10 atom stereocenters. The van der Waals surface area contributed by atoms with Crippen molar-refractivity contribution in [2.24, 2.45) is 50.7 Å². The van der Waals surface area contributed by atoms with Crippen LogP contribution in [0.25, 0.3) is 0 Å². The van der Waals surface area contributed by atoms with Gasteiger partial charge in [-0.3, -0.25) is 4.79 Å². The Hall–Kier alpha value is -2.37. The van der Waals surface area contributed by atoms with Crippen LogP contribution in [0.4, 0.5) is 13.2 Å². The monoisotopic (exact) mass is 766 g/mol. The second-order valence-electron chi connectivity index (χ2n) is 18.3. The molecule has 0 amide bonds. The van der Waals surface area contributed by atoms with Crippen LogP contribution in [-0.4, -0.2) is 38.4 Å². The first-order chi connectivity index (χ1) is 24.5. The fourth-order valence-corrected chi connectivity index (χ4v) is 13.1. The van der Waals surface area contributed by atoms with Crippen molar-refractivity contribution < 1.29 is 44.8 Å². The highest BCUT2D eigenvalue weighted by Crippen LogP contribution is 2.78. The van der Waals surface area contributed by atoms with Crippen LogP contribution >= 0.6 is 0 Å². The number of carbonyl (C=O) groups is 1. The molecule has 0 radical (unpaired) electrons. The lowest BCUT2D eigenvalue weighted by Crippen LogP contribution is -2.72. The SMILES string of the molecule is C=CC.CC1(C)OC2CC3C(C)(C)C(OS(=O)(=O)C(F)(F)F)=CCC3(C)C3CCC4[C@H]5CCCC5(C)C[C@H](O1)[C@@]4(C)C23C.O=COCc1ccccc1. The molecular formula is C42H61F3O7S. The smallest absolute Gasteiger partial charge is 0.463 e. The Balaban J connectivity index is 0.000000355. The van der Waals surface area contributed by atoms with E-state index in [9.17, 15) is 26.4 Å². The fourth-order valence-electron chi connectivity index (χ4n) is 12.5. The number of alkyl halides is 3. The first kappa shape index (κ1) is 41.8. The fraction of sp³-hybridized carbons (Fsp3) is 0.738. The van der Waals surface area contributed by atoms with Crippen LogP contribution in [0.2, 0.25) is 0 Å². The van der Waals surface area contributed by atoms with Gasteiger partial charge in [0.25, 0.3) is 6.47 Å². The maximum atomic E-state index is 13.3. The minimum absolute atomic E-state index is 0.0627. The van der Waals surface area contributed by atoms with Gasteiger partial charge in [-0.2, -0.15) is 21.6 Å². The van der Waals surface area contributed by atoms with Crippen LogP contribution < -0.4 is 0 Å². The van der Waals surface area contributed by atoms with Crippen molar-refractivity contribution in [3.8, 4) is 0 Å². The first-order valence-electron chi connectivity index (χ1n) is 19.2. The van der Waals surface area contributed by atoms with E-state index in [1.807, 2.05) is 65.0 Å². The summed E-state index contributed by atoms with van der Waals surface area (Å²) in [6.45, 7) is 23.4. The van der Waals surface area contributed by atoms with Gasteiger partial charge in [0.05, 0.1) is 12.2 Å². The van der Waals surface area contributed by atoms with Gasteiger partial charge >= 0.3 is 15.6 Å². The zero-order valence-electron chi connectivity index (χ0n) is 33.1. The van der Waals surface area contributed by atoms with Gasteiger partial charge in [-0.05, 0) is 112 Å². The van der Waals surface area contributed by atoms with Crippen LogP contribution in [0.15, 0.2) is 54.8 Å². The normalized spacial score (nSPS) is 40.4. The van der Waals surface area contributed by atoms with Gasteiger partial charge in [-0.1, -0.05) is 84.4 Å². The Morgan fingerprint density at radius 3 is 2.13 bits per heavy atom. The maximum Gasteiger partial charge on any atom is 0.534 e. The molecule has 0 spiro atoms. The van der Waals surface area contributed by atoms with E-state index in [2.05, 4.69) is 39.0 Å². The molecule has 5 fully saturated rings. The molecule has 6 aliphatic rings. The Bertz CT molecular complexity index is 1640. The van der Waals surface area contributed by atoms with Crippen molar-refractivity contribution in [2.75, 3.05) is 0 Å². The number of benzene rings is 1. The van der Waals surface area contributed by atoms with E-state index in [0.717, 1.165) is 24.8 Å². The number of allylic oxidation sites excluding steroid dienone is 3. The van der Waals surface area contributed by atoms with Gasteiger partial charge in [-0.15, -0.1) is 6.58 Å². The molecule has 1 heterocycles. The molecule has 1 aromatic carbocycles. The second kappa shape index (κ2) is 14.3. The number of fused-ring (bicyclic) bond motifs is 4. The molecule has 7 unspecified atom stereocenters.